The monoisotopic (exact) mass is 305 g/mol. The first-order valence-corrected chi connectivity index (χ1v) is 7.94. The van der Waals surface area contributed by atoms with Crippen molar-refractivity contribution in [2.24, 2.45) is 5.41 Å². The van der Waals surface area contributed by atoms with Crippen LogP contribution in [0.2, 0.25) is 0 Å². The Hall–Kier alpha value is -0.720. The van der Waals surface area contributed by atoms with Gasteiger partial charge in [0.25, 0.3) is 10.2 Å². The van der Waals surface area contributed by atoms with Crippen molar-refractivity contribution in [2.75, 3.05) is 39.9 Å². The van der Waals surface area contributed by atoms with Gasteiger partial charge in [0.2, 0.25) is 0 Å². The largest absolute Gasteiger partial charge is 0.391 e. The lowest BCUT2D eigenvalue weighted by Gasteiger charge is -2.27. The first-order valence-electron chi connectivity index (χ1n) is 6.55. The van der Waals surface area contributed by atoms with E-state index in [9.17, 15) is 13.5 Å². The molecule has 1 saturated heterocycles. The van der Waals surface area contributed by atoms with Gasteiger partial charge in [0, 0.05) is 45.1 Å². The Kier molecular flexibility index (Phi) is 5.91. The molecule has 1 atom stereocenters. The van der Waals surface area contributed by atoms with Crippen LogP contribution in [0.5, 0.6) is 0 Å². The number of nitriles is 1. The lowest BCUT2D eigenvalue weighted by Crippen LogP contribution is -2.45. The molecule has 1 N–H and O–H groups in total. The molecule has 0 bridgehead atoms. The van der Waals surface area contributed by atoms with Gasteiger partial charge in [0.1, 0.15) is 0 Å². The van der Waals surface area contributed by atoms with E-state index in [0.717, 1.165) is 0 Å². The summed E-state index contributed by atoms with van der Waals surface area (Å²) in [5.74, 6) is 0. The summed E-state index contributed by atoms with van der Waals surface area (Å²) in [6, 6.07) is 1.95. The third-order valence-electron chi connectivity index (χ3n) is 3.53. The van der Waals surface area contributed by atoms with E-state index in [-0.39, 0.29) is 39.2 Å². The summed E-state index contributed by atoms with van der Waals surface area (Å²) in [6.45, 7) is 4.63. The molecule has 1 aliphatic rings. The quantitative estimate of drug-likeness (QED) is 0.703. The number of ether oxygens (including phenoxy) is 1. The first kappa shape index (κ1) is 17.3. The zero-order chi connectivity index (χ0) is 15.4. The van der Waals surface area contributed by atoms with Crippen LogP contribution in [0, 0.1) is 16.7 Å². The maximum atomic E-state index is 12.6. The van der Waals surface area contributed by atoms with Crippen LogP contribution in [0.3, 0.4) is 0 Å². The van der Waals surface area contributed by atoms with Crippen LogP contribution >= 0.6 is 0 Å². The third kappa shape index (κ3) is 3.90. The summed E-state index contributed by atoms with van der Waals surface area (Å²) in [5, 5.41) is 18.6. The molecule has 1 aliphatic heterocycles. The number of rotatable bonds is 7. The molecule has 0 saturated carbocycles. The predicted molar refractivity (Wildman–Crippen MR) is 74.0 cm³/mol. The number of hydrogen-bond donors (Lipinski definition) is 1. The lowest BCUT2D eigenvalue weighted by atomic mass is 9.90. The van der Waals surface area contributed by atoms with Crippen molar-refractivity contribution in [2.45, 2.75) is 26.4 Å². The van der Waals surface area contributed by atoms with Crippen LogP contribution < -0.4 is 0 Å². The Balaban J connectivity index is 2.85. The Morgan fingerprint density at radius 3 is 2.60 bits per heavy atom. The van der Waals surface area contributed by atoms with E-state index in [0.29, 0.717) is 0 Å². The molecule has 0 amide bonds. The standard InChI is InChI=1S/C12H23N3O4S/c1-12(2)10-15(9-11(12)16)20(17,18)14(6-4-5-13)7-8-19-3/h11,16H,4,6-10H2,1-3H3/t11-/m1/s1. The van der Waals surface area contributed by atoms with Crippen molar-refractivity contribution in [1.82, 2.24) is 8.61 Å². The predicted octanol–water partition coefficient (Wildman–Crippen LogP) is -0.204. The smallest absolute Gasteiger partial charge is 0.282 e. The molecule has 1 fully saturated rings. The molecule has 0 aliphatic carbocycles. The normalized spacial score (nSPS) is 23.1. The highest BCUT2D eigenvalue weighted by molar-refractivity contribution is 7.86. The third-order valence-corrected chi connectivity index (χ3v) is 5.48. The molecule has 1 rings (SSSR count). The molecule has 1 heterocycles. The Labute approximate surface area is 120 Å². The Morgan fingerprint density at radius 2 is 2.15 bits per heavy atom. The minimum absolute atomic E-state index is 0.0887. The van der Waals surface area contributed by atoms with Crippen LogP contribution in [-0.4, -0.2) is 68.1 Å². The fourth-order valence-electron chi connectivity index (χ4n) is 2.11. The van der Waals surface area contributed by atoms with Crippen LogP contribution in [0.15, 0.2) is 0 Å². The minimum Gasteiger partial charge on any atom is -0.391 e. The van der Waals surface area contributed by atoms with Crippen LogP contribution in [0.4, 0.5) is 0 Å². The van der Waals surface area contributed by atoms with Gasteiger partial charge in [0.15, 0.2) is 0 Å². The molecule has 8 heteroatoms. The van der Waals surface area contributed by atoms with Crippen molar-refractivity contribution in [3.8, 4) is 6.07 Å². The van der Waals surface area contributed by atoms with E-state index in [1.807, 2.05) is 19.9 Å². The maximum Gasteiger partial charge on any atom is 0.282 e. The average Bonchev–Trinajstić information content (AvgIpc) is 2.64. The molecule has 0 spiro atoms. The second kappa shape index (κ2) is 6.83. The van der Waals surface area contributed by atoms with Crippen molar-refractivity contribution in [3.05, 3.63) is 0 Å². The Morgan fingerprint density at radius 1 is 1.50 bits per heavy atom. The average molecular weight is 305 g/mol. The van der Waals surface area contributed by atoms with Gasteiger partial charge < -0.3 is 9.84 Å². The molecule has 0 unspecified atom stereocenters. The lowest BCUT2D eigenvalue weighted by molar-refractivity contribution is 0.0959. The molecule has 0 aromatic heterocycles. The topological polar surface area (TPSA) is 93.9 Å². The molecule has 7 nitrogen and oxygen atoms in total. The Bertz CT molecular complexity index is 458. The van der Waals surface area contributed by atoms with Crippen LogP contribution in [0.25, 0.3) is 0 Å². The van der Waals surface area contributed by atoms with Crippen molar-refractivity contribution in [3.63, 3.8) is 0 Å². The fraction of sp³-hybridized carbons (Fsp3) is 0.917. The van der Waals surface area contributed by atoms with Gasteiger partial charge in [-0.25, -0.2) is 0 Å². The van der Waals surface area contributed by atoms with Crippen molar-refractivity contribution >= 4 is 10.2 Å². The van der Waals surface area contributed by atoms with Gasteiger partial charge >= 0.3 is 0 Å². The van der Waals surface area contributed by atoms with Crippen molar-refractivity contribution in [1.29, 1.82) is 5.26 Å². The van der Waals surface area contributed by atoms with Gasteiger partial charge in [-0.05, 0) is 0 Å². The summed E-state index contributed by atoms with van der Waals surface area (Å²) in [4.78, 5) is 0. The molecular weight excluding hydrogens is 282 g/mol. The van der Waals surface area contributed by atoms with E-state index >= 15 is 0 Å². The van der Waals surface area contributed by atoms with E-state index in [2.05, 4.69) is 0 Å². The summed E-state index contributed by atoms with van der Waals surface area (Å²) >= 11 is 0. The van der Waals surface area contributed by atoms with Crippen molar-refractivity contribution < 1.29 is 18.3 Å². The van der Waals surface area contributed by atoms with Gasteiger partial charge in [-0.1, -0.05) is 13.8 Å². The summed E-state index contributed by atoms with van der Waals surface area (Å²) in [6.07, 6.45) is -0.555. The summed E-state index contributed by atoms with van der Waals surface area (Å²) < 4.78 is 32.5. The van der Waals surface area contributed by atoms with Gasteiger partial charge in [-0.15, -0.1) is 0 Å². The number of β-amino-alcohol motifs (C(OH)–C–C–N with tert-alkyl or cyclic N) is 1. The number of aliphatic hydroxyl groups excluding tert-OH is 1. The van der Waals surface area contributed by atoms with Gasteiger partial charge in [0.05, 0.1) is 18.8 Å². The maximum absolute atomic E-state index is 12.6. The number of aliphatic hydroxyl groups is 1. The first-order chi connectivity index (χ1) is 9.25. The molecule has 116 valence electrons. The zero-order valence-corrected chi connectivity index (χ0v) is 13.1. The summed E-state index contributed by atoms with van der Waals surface area (Å²) in [5.41, 5.74) is -0.463. The van der Waals surface area contributed by atoms with Crippen LogP contribution in [-0.2, 0) is 14.9 Å². The highest BCUT2D eigenvalue weighted by Crippen LogP contribution is 2.32. The van der Waals surface area contributed by atoms with E-state index in [1.165, 1.54) is 15.7 Å². The molecule has 0 aromatic carbocycles. The fourth-order valence-corrected chi connectivity index (χ4v) is 3.89. The molecule has 0 aromatic rings. The second-order valence-corrected chi connectivity index (χ2v) is 7.53. The minimum atomic E-state index is -3.67. The van der Waals surface area contributed by atoms with Gasteiger partial charge in [-0.2, -0.15) is 22.3 Å². The zero-order valence-electron chi connectivity index (χ0n) is 12.2. The van der Waals surface area contributed by atoms with E-state index < -0.39 is 21.7 Å². The van der Waals surface area contributed by atoms with Gasteiger partial charge in [-0.3, -0.25) is 0 Å². The molecule has 0 radical (unpaired) electrons. The highest BCUT2D eigenvalue weighted by Gasteiger charge is 2.44. The number of methoxy groups -OCH3 is 1. The van der Waals surface area contributed by atoms with Crippen LogP contribution in [0.1, 0.15) is 20.3 Å². The van der Waals surface area contributed by atoms with E-state index in [4.69, 9.17) is 10.00 Å². The van der Waals surface area contributed by atoms with E-state index in [1.54, 1.807) is 0 Å². The number of nitrogens with zero attached hydrogens (tertiary/aromatic N) is 3. The SMILES string of the molecule is COCCN(CCC#N)S(=O)(=O)N1C[C@@H](O)C(C)(C)C1. The molecular formula is C12H23N3O4S. The summed E-state index contributed by atoms with van der Waals surface area (Å²) in [7, 11) is -2.18. The second-order valence-electron chi connectivity index (χ2n) is 5.60. The highest BCUT2D eigenvalue weighted by atomic mass is 32.2. The molecule has 20 heavy (non-hydrogen) atoms. The number of hydrogen-bond acceptors (Lipinski definition) is 5.